The molecule has 0 N–H and O–H groups in total. The molecule has 21 heavy (non-hydrogen) atoms. The molecule has 0 bridgehead atoms. The average molecular weight is 319 g/mol. The second-order valence-corrected chi connectivity index (χ2v) is 4.73. The molecule has 1 rings (SSSR count). The third kappa shape index (κ3) is 15.8. The van der Waals surface area contributed by atoms with Crippen molar-refractivity contribution in [2.45, 2.75) is 58.3 Å². The van der Waals surface area contributed by atoms with Crippen LogP contribution in [0.2, 0.25) is 0 Å². The number of aryl methyl sites for hydroxylation is 1. The van der Waals surface area contributed by atoms with Gasteiger partial charge in [0, 0.05) is 0 Å². The van der Waals surface area contributed by atoms with Gasteiger partial charge < -0.3 is 20.1 Å². The van der Waals surface area contributed by atoms with E-state index in [0.717, 1.165) is 18.4 Å². The first-order valence-corrected chi connectivity index (χ1v) is 7.20. The largest absolute Gasteiger partial charge is 2.00 e. The predicted molar refractivity (Wildman–Crippen MR) is 78.7 cm³/mol. The van der Waals surface area contributed by atoms with Crippen LogP contribution in [-0.4, -0.2) is 43.9 Å². The van der Waals surface area contributed by atoms with E-state index in [9.17, 15) is 5.11 Å². The molecule has 5 heteroatoms. The molecule has 0 unspecified atom stereocenters. The van der Waals surface area contributed by atoms with Gasteiger partial charge in [0.05, 0.1) is 0 Å². The summed E-state index contributed by atoms with van der Waals surface area (Å²) < 4.78 is 0. The van der Waals surface area contributed by atoms with Crippen LogP contribution in [0, 0.1) is 0 Å². The molecule has 0 fully saturated rings. The van der Waals surface area contributed by atoms with Gasteiger partial charge in [-0.25, -0.2) is 0 Å². The molecular formula is C16H23CaO4-. The van der Waals surface area contributed by atoms with Crippen molar-refractivity contribution >= 4 is 43.9 Å². The minimum atomic E-state index is -2.33. The zero-order valence-corrected chi connectivity index (χ0v) is 15.0. The maximum atomic E-state index is 11.4. The van der Waals surface area contributed by atoms with E-state index in [-0.39, 0.29) is 43.5 Å². The molecule has 0 radical (unpaired) electrons. The third-order valence-electron chi connectivity index (χ3n) is 3.02. The Labute approximate surface area is 157 Å². The Kier molecular flexibility index (Phi) is 17.3. The van der Waals surface area contributed by atoms with Crippen molar-refractivity contribution in [3.63, 3.8) is 0 Å². The fourth-order valence-electron chi connectivity index (χ4n) is 1.98. The summed E-state index contributed by atoms with van der Waals surface area (Å²) in [5, 5.41) is 28.1. The zero-order chi connectivity index (χ0) is 15.2. The Morgan fingerprint density at radius 2 is 1.43 bits per heavy atom. The second kappa shape index (κ2) is 15.9. The fraction of sp³-hybridized carbons (Fsp3) is 0.562. The van der Waals surface area contributed by atoms with Crippen molar-refractivity contribution in [1.82, 2.24) is 0 Å². The summed E-state index contributed by atoms with van der Waals surface area (Å²) in [5.74, 6) is 0.202. The summed E-state index contributed by atoms with van der Waals surface area (Å²) in [6, 6.07) is 7.39. The molecule has 0 aromatic heterocycles. The van der Waals surface area contributed by atoms with Gasteiger partial charge in [0.2, 0.25) is 0 Å². The van der Waals surface area contributed by atoms with E-state index in [1.807, 2.05) is 18.2 Å². The van der Waals surface area contributed by atoms with E-state index in [0.29, 0.717) is 0 Å². The molecule has 1 aromatic carbocycles. The Morgan fingerprint density at radius 3 is 1.95 bits per heavy atom. The monoisotopic (exact) mass is 319 g/mol. The number of carbonyl (C=O) groups excluding carboxylic acids is 1. The number of hydrogen-bond donors (Lipinski definition) is 0. The van der Waals surface area contributed by atoms with Crippen LogP contribution in [0.4, 0.5) is 4.79 Å². The van der Waals surface area contributed by atoms with E-state index in [1.165, 1.54) is 38.5 Å². The standard InChI is InChI=1S/C15H24O.CH2O3.Ca/c1-2-3-4-5-6-7-8-11-14-12-9-10-13-15(14)16;2-1(3)4;/h9-10,12-13,16H,2-8,11H2,1H3;(H2,2,3,4);/q;;+2/p-3. The number of para-hydroxylation sites is 1. The molecule has 0 saturated carbocycles. The smallest absolute Gasteiger partial charge is 0.872 e. The fourth-order valence-corrected chi connectivity index (χ4v) is 1.98. The summed E-state index contributed by atoms with van der Waals surface area (Å²) in [7, 11) is 0. The third-order valence-corrected chi connectivity index (χ3v) is 3.02. The second-order valence-electron chi connectivity index (χ2n) is 4.73. The van der Waals surface area contributed by atoms with Gasteiger partial charge in [-0.3, -0.25) is 0 Å². The van der Waals surface area contributed by atoms with Crippen LogP contribution in [0.25, 0.3) is 0 Å². The molecule has 0 amide bonds. The van der Waals surface area contributed by atoms with Gasteiger partial charge >= 0.3 is 37.7 Å². The number of carbonyl (C=O) groups is 1. The van der Waals surface area contributed by atoms with Crippen molar-refractivity contribution < 1.29 is 20.1 Å². The van der Waals surface area contributed by atoms with Gasteiger partial charge in [0.25, 0.3) is 0 Å². The SMILES string of the molecule is CCCCCCCCCc1ccccc1[O-].O=C([O-])[O-].[Ca+2]. The maximum Gasteiger partial charge on any atom is 2.00 e. The van der Waals surface area contributed by atoms with Crippen LogP contribution in [-0.2, 0) is 6.42 Å². The Hall–Kier alpha value is -0.450. The number of hydrogen-bond acceptors (Lipinski definition) is 4. The molecule has 114 valence electrons. The summed E-state index contributed by atoms with van der Waals surface area (Å²) in [6.07, 6.45) is 7.76. The number of rotatable bonds is 8. The van der Waals surface area contributed by atoms with E-state index < -0.39 is 6.16 Å². The zero-order valence-electron chi connectivity index (χ0n) is 12.8. The Bertz CT molecular complexity index is 365. The molecular weight excluding hydrogens is 296 g/mol. The van der Waals surface area contributed by atoms with Crippen LogP contribution in [0.3, 0.4) is 0 Å². The van der Waals surface area contributed by atoms with E-state index >= 15 is 0 Å². The van der Waals surface area contributed by atoms with Crippen LogP contribution < -0.4 is 15.3 Å². The van der Waals surface area contributed by atoms with Gasteiger partial charge in [0.15, 0.2) is 0 Å². The van der Waals surface area contributed by atoms with Gasteiger partial charge in [-0.05, 0) is 19.0 Å². The maximum absolute atomic E-state index is 11.4. The normalized spacial score (nSPS) is 9.19. The van der Waals surface area contributed by atoms with Crippen molar-refractivity contribution in [1.29, 1.82) is 0 Å². The first-order chi connectivity index (χ1) is 9.57. The molecule has 4 nitrogen and oxygen atoms in total. The number of benzene rings is 1. The minimum Gasteiger partial charge on any atom is -0.872 e. The topological polar surface area (TPSA) is 86.2 Å². The summed E-state index contributed by atoms with van der Waals surface area (Å²) in [5.41, 5.74) is 0.982. The van der Waals surface area contributed by atoms with Crippen molar-refractivity contribution in [2.24, 2.45) is 0 Å². The molecule has 0 aliphatic carbocycles. The molecule has 0 spiro atoms. The van der Waals surface area contributed by atoms with Gasteiger partial charge in [-0.15, -0.1) is 5.75 Å². The summed E-state index contributed by atoms with van der Waals surface area (Å²) >= 11 is 0. The predicted octanol–water partition coefficient (Wildman–Crippen LogP) is 1.23. The van der Waals surface area contributed by atoms with Crippen LogP contribution in [0.15, 0.2) is 24.3 Å². The summed E-state index contributed by atoms with van der Waals surface area (Å²) in [6.45, 7) is 2.24. The first kappa shape index (κ1) is 22.8. The van der Waals surface area contributed by atoms with Gasteiger partial charge in [-0.1, -0.05) is 75.3 Å². The van der Waals surface area contributed by atoms with Crippen molar-refractivity contribution in [2.75, 3.05) is 0 Å². The van der Waals surface area contributed by atoms with Gasteiger partial charge in [-0.2, -0.15) is 0 Å². The van der Waals surface area contributed by atoms with E-state index in [4.69, 9.17) is 15.0 Å². The molecule has 0 aliphatic rings. The number of unbranched alkanes of at least 4 members (excludes halogenated alkanes) is 6. The van der Waals surface area contributed by atoms with Crippen LogP contribution >= 0.6 is 0 Å². The average Bonchev–Trinajstić information content (AvgIpc) is 2.39. The Morgan fingerprint density at radius 1 is 0.952 bits per heavy atom. The quantitative estimate of drug-likeness (QED) is 0.532. The van der Waals surface area contributed by atoms with Crippen molar-refractivity contribution in [3.8, 4) is 5.75 Å². The molecule has 0 saturated heterocycles. The van der Waals surface area contributed by atoms with E-state index in [1.54, 1.807) is 6.07 Å². The van der Waals surface area contributed by atoms with Gasteiger partial charge in [0.1, 0.15) is 0 Å². The molecule has 0 atom stereocenters. The number of carboxylic acid groups (broad SMARTS) is 2. The van der Waals surface area contributed by atoms with Crippen LogP contribution in [0.5, 0.6) is 5.75 Å². The first-order valence-electron chi connectivity index (χ1n) is 7.20. The minimum absolute atomic E-state index is 0. The van der Waals surface area contributed by atoms with Crippen molar-refractivity contribution in [3.05, 3.63) is 29.8 Å². The van der Waals surface area contributed by atoms with Crippen LogP contribution in [0.1, 0.15) is 57.4 Å². The molecule has 0 heterocycles. The summed E-state index contributed by atoms with van der Waals surface area (Å²) in [4.78, 5) is 8.33. The van der Waals surface area contributed by atoms with E-state index in [2.05, 4.69) is 6.92 Å². The Balaban J connectivity index is 0. The molecule has 1 aromatic rings. The molecule has 0 aliphatic heterocycles.